The summed E-state index contributed by atoms with van der Waals surface area (Å²) in [4.78, 5) is 9.63. The predicted molar refractivity (Wildman–Crippen MR) is 106 cm³/mol. The normalized spacial score (nSPS) is 26.0. The van der Waals surface area contributed by atoms with Gasteiger partial charge in [0.1, 0.15) is 18.8 Å². The summed E-state index contributed by atoms with van der Waals surface area (Å²) in [6.45, 7) is 7.24. The molecule has 2 aromatic rings. The maximum absolute atomic E-state index is 6.17. The molecule has 4 heteroatoms. The molecule has 3 aliphatic rings. The lowest BCUT2D eigenvalue weighted by molar-refractivity contribution is 0.206. The van der Waals surface area contributed by atoms with Crippen molar-refractivity contribution in [3.63, 3.8) is 0 Å². The van der Waals surface area contributed by atoms with Crippen molar-refractivity contribution in [1.29, 1.82) is 0 Å². The zero-order chi connectivity index (χ0) is 18.6. The van der Waals surface area contributed by atoms with E-state index in [9.17, 15) is 0 Å². The summed E-state index contributed by atoms with van der Waals surface area (Å²) in [5.74, 6) is 1.48. The van der Waals surface area contributed by atoms with E-state index < -0.39 is 0 Å². The number of nitrogens with zero attached hydrogens (tertiary/aromatic N) is 2. The molecule has 0 bridgehead atoms. The van der Waals surface area contributed by atoms with Crippen LogP contribution < -0.4 is 0 Å². The highest BCUT2D eigenvalue weighted by atomic mass is 16.5. The minimum atomic E-state index is 0.113. The zero-order valence-electron chi connectivity index (χ0n) is 16.0. The third kappa shape index (κ3) is 2.84. The van der Waals surface area contributed by atoms with Gasteiger partial charge in [-0.1, -0.05) is 45.0 Å². The maximum atomic E-state index is 6.17. The molecule has 1 unspecified atom stereocenters. The topological polar surface area (TPSA) is 43.2 Å². The van der Waals surface area contributed by atoms with Crippen LogP contribution in [0.25, 0.3) is 0 Å². The standard InChI is InChI=1S/C23H24N2O2/c1-23(2,3)19-13-26-21(24-19)14-8-10-15(11-9-14)22-25-20-17-7-5-4-6-16(17)12-18(20)27-22/h4-11,18-20H,12-13H2,1-3H3/t18-,19-,20?/m1/s1. The molecule has 0 radical (unpaired) electrons. The predicted octanol–water partition coefficient (Wildman–Crippen LogP) is 4.32. The van der Waals surface area contributed by atoms with Gasteiger partial charge in [-0.2, -0.15) is 0 Å². The number of rotatable bonds is 2. The van der Waals surface area contributed by atoms with Gasteiger partial charge >= 0.3 is 0 Å². The van der Waals surface area contributed by atoms with Gasteiger partial charge < -0.3 is 9.47 Å². The summed E-state index contributed by atoms with van der Waals surface area (Å²) in [6, 6.07) is 17.0. The summed E-state index contributed by atoms with van der Waals surface area (Å²) in [5, 5.41) is 0. The molecule has 0 N–H and O–H groups in total. The van der Waals surface area contributed by atoms with Crippen LogP contribution in [0, 0.1) is 5.41 Å². The van der Waals surface area contributed by atoms with Crippen LogP contribution in [0.4, 0.5) is 0 Å². The van der Waals surface area contributed by atoms with Gasteiger partial charge in [0, 0.05) is 17.5 Å². The summed E-state index contributed by atoms with van der Waals surface area (Å²) in [6.07, 6.45) is 1.07. The molecule has 5 rings (SSSR count). The van der Waals surface area contributed by atoms with Crippen molar-refractivity contribution in [2.45, 2.75) is 45.4 Å². The van der Waals surface area contributed by atoms with Gasteiger partial charge in [-0.15, -0.1) is 0 Å². The maximum Gasteiger partial charge on any atom is 0.217 e. The monoisotopic (exact) mass is 360 g/mol. The summed E-state index contributed by atoms with van der Waals surface area (Å²) < 4.78 is 12.0. The SMILES string of the molecule is CC(C)(C)[C@H]1COC(c2ccc(C3=NC4c5ccccc5C[C@H]4O3)cc2)=N1. The Morgan fingerprint density at radius 1 is 0.889 bits per heavy atom. The van der Waals surface area contributed by atoms with E-state index >= 15 is 0 Å². The van der Waals surface area contributed by atoms with Crippen LogP contribution >= 0.6 is 0 Å². The van der Waals surface area contributed by atoms with Crippen LogP contribution in [0.1, 0.15) is 49.1 Å². The molecule has 2 aliphatic heterocycles. The van der Waals surface area contributed by atoms with E-state index in [0.717, 1.165) is 29.3 Å². The smallest absolute Gasteiger partial charge is 0.217 e. The Bertz CT molecular complexity index is 938. The second-order valence-corrected chi connectivity index (χ2v) is 8.64. The number of ether oxygens (including phenoxy) is 2. The second-order valence-electron chi connectivity index (χ2n) is 8.64. The molecule has 138 valence electrons. The van der Waals surface area contributed by atoms with Crippen molar-refractivity contribution in [3.8, 4) is 0 Å². The van der Waals surface area contributed by atoms with E-state index in [4.69, 9.17) is 19.5 Å². The zero-order valence-corrected chi connectivity index (χ0v) is 16.0. The van der Waals surface area contributed by atoms with Gasteiger partial charge in [0.15, 0.2) is 0 Å². The third-order valence-corrected chi connectivity index (χ3v) is 5.70. The lowest BCUT2D eigenvalue weighted by atomic mass is 9.88. The average molecular weight is 360 g/mol. The molecule has 0 saturated carbocycles. The van der Waals surface area contributed by atoms with Crippen LogP contribution in [-0.2, 0) is 15.9 Å². The first-order valence-electron chi connectivity index (χ1n) is 9.63. The Morgan fingerprint density at radius 2 is 1.59 bits per heavy atom. The van der Waals surface area contributed by atoms with E-state index in [1.54, 1.807) is 0 Å². The minimum Gasteiger partial charge on any atom is -0.475 e. The Kier molecular flexibility index (Phi) is 3.64. The molecule has 4 nitrogen and oxygen atoms in total. The summed E-state index contributed by atoms with van der Waals surface area (Å²) >= 11 is 0. The molecular weight excluding hydrogens is 336 g/mol. The fourth-order valence-electron chi connectivity index (χ4n) is 3.97. The van der Waals surface area contributed by atoms with Crippen molar-refractivity contribution >= 4 is 11.8 Å². The number of aliphatic imine (C=N–C) groups is 2. The van der Waals surface area contributed by atoms with Crippen molar-refractivity contribution < 1.29 is 9.47 Å². The van der Waals surface area contributed by atoms with Crippen molar-refractivity contribution in [2.75, 3.05) is 6.61 Å². The molecule has 2 aromatic carbocycles. The fourth-order valence-corrected chi connectivity index (χ4v) is 3.97. The highest BCUT2D eigenvalue weighted by Crippen LogP contribution is 2.40. The van der Waals surface area contributed by atoms with Crippen LogP contribution in [-0.4, -0.2) is 30.5 Å². The first kappa shape index (κ1) is 16.5. The molecule has 27 heavy (non-hydrogen) atoms. The van der Waals surface area contributed by atoms with Crippen molar-refractivity contribution in [1.82, 2.24) is 0 Å². The molecule has 2 heterocycles. The molecule has 3 atom stereocenters. The highest BCUT2D eigenvalue weighted by Gasteiger charge is 2.39. The number of fused-ring (bicyclic) bond motifs is 3. The van der Waals surface area contributed by atoms with Gasteiger partial charge in [0.25, 0.3) is 0 Å². The molecule has 1 aliphatic carbocycles. The molecule has 0 fully saturated rings. The molecular formula is C23H24N2O2. The number of hydrogen-bond acceptors (Lipinski definition) is 4. The molecule has 0 spiro atoms. The van der Waals surface area contributed by atoms with Gasteiger partial charge in [-0.25, -0.2) is 9.98 Å². The first-order chi connectivity index (χ1) is 13.0. The van der Waals surface area contributed by atoms with Crippen LogP contribution in [0.15, 0.2) is 58.5 Å². The van der Waals surface area contributed by atoms with E-state index in [0.29, 0.717) is 6.61 Å². The Morgan fingerprint density at radius 3 is 2.30 bits per heavy atom. The average Bonchev–Trinajstić information content (AvgIpc) is 3.35. The molecule has 0 saturated heterocycles. The van der Waals surface area contributed by atoms with E-state index in [1.165, 1.54) is 11.1 Å². The summed E-state index contributed by atoms with van der Waals surface area (Å²) in [7, 11) is 0. The van der Waals surface area contributed by atoms with Gasteiger partial charge in [-0.05, 0) is 40.8 Å². The van der Waals surface area contributed by atoms with Crippen LogP contribution in [0.3, 0.4) is 0 Å². The highest BCUT2D eigenvalue weighted by molar-refractivity contribution is 5.99. The van der Waals surface area contributed by atoms with Gasteiger partial charge in [0.05, 0.1) is 6.04 Å². The largest absolute Gasteiger partial charge is 0.475 e. The van der Waals surface area contributed by atoms with Crippen LogP contribution in [0.5, 0.6) is 0 Å². The number of benzene rings is 2. The Labute approximate surface area is 160 Å². The van der Waals surface area contributed by atoms with Crippen molar-refractivity contribution in [3.05, 3.63) is 70.8 Å². The van der Waals surface area contributed by atoms with Crippen LogP contribution in [0.2, 0.25) is 0 Å². The second kappa shape index (κ2) is 5.95. The lowest BCUT2D eigenvalue weighted by Crippen LogP contribution is -2.25. The first-order valence-corrected chi connectivity index (χ1v) is 9.63. The van der Waals surface area contributed by atoms with Crippen molar-refractivity contribution in [2.24, 2.45) is 15.4 Å². The Hall–Kier alpha value is -2.62. The number of hydrogen-bond donors (Lipinski definition) is 0. The summed E-state index contributed by atoms with van der Waals surface area (Å²) in [5.41, 5.74) is 4.79. The quantitative estimate of drug-likeness (QED) is 0.800. The van der Waals surface area contributed by atoms with Gasteiger partial charge in [-0.3, -0.25) is 0 Å². The fraction of sp³-hybridized carbons (Fsp3) is 0.391. The van der Waals surface area contributed by atoms with E-state index in [2.05, 4.69) is 57.2 Å². The van der Waals surface area contributed by atoms with E-state index in [-0.39, 0.29) is 23.6 Å². The molecule has 0 aromatic heterocycles. The third-order valence-electron chi connectivity index (χ3n) is 5.70. The lowest BCUT2D eigenvalue weighted by Gasteiger charge is -2.21. The minimum absolute atomic E-state index is 0.113. The van der Waals surface area contributed by atoms with E-state index in [1.807, 2.05) is 12.1 Å². The Balaban J connectivity index is 1.37. The molecule has 0 amide bonds. The van der Waals surface area contributed by atoms with Gasteiger partial charge in [0.2, 0.25) is 11.8 Å².